The lowest BCUT2D eigenvalue weighted by Crippen LogP contribution is -2.40. The average molecular weight is 800 g/mol. The number of fused-ring (bicyclic) bond motifs is 1. The van der Waals surface area contributed by atoms with E-state index in [1.807, 2.05) is 38.1 Å². The number of allylic oxidation sites excluding steroid dienone is 1. The van der Waals surface area contributed by atoms with Gasteiger partial charge in [0.1, 0.15) is 12.4 Å². The summed E-state index contributed by atoms with van der Waals surface area (Å²) < 4.78 is 26.6. The Balaban J connectivity index is 1.91. The van der Waals surface area contributed by atoms with Gasteiger partial charge < -0.3 is 18.9 Å². The molecule has 0 aliphatic carbocycles. The van der Waals surface area contributed by atoms with Gasteiger partial charge in [0, 0.05) is 0 Å². The number of hydrogen-bond donors (Lipinski definition) is 0. The number of nitrogens with zero attached hydrogens (tertiary/aromatic N) is 2. The number of hydrogen-bond acceptors (Lipinski definition) is 8. The van der Waals surface area contributed by atoms with Gasteiger partial charge in [0.25, 0.3) is 5.56 Å². The highest BCUT2D eigenvalue weighted by molar-refractivity contribution is 14.1. The number of esters is 1. The maximum atomic E-state index is 14.0. The highest BCUT2D eigenvalue weighted by atomic mass is 127. The van der Waals surface area contributed by atoms with Gasteiger partial charge in [0.2, 0.25) is 0 Å². The summed E-state index contributed by atoms with van der Waals surface area (Å²) in [7, 11) is 1.56. The first-order valence-corrected chi connectivity index (χ1v) is 15.8. The first-order valence-electron chi connectivity index (χ1n) is 12.9. The highest BCUT2D eigenvalue weighted by Crippen LogP contribution is 2.36. The maximum Gasteiger partial charge on any atom is 0.338 e. The van der Waals surface area contributed by atoms with E-state index in [2.05, 4.69) is 56.8 Å². The van der Waals surface area contributed by atoms with Crippen molar-refractivity contribution < 1.29 is 23.7 Å². The molecule has 0 fully saturated rings. The minimum absolute atomic E-state index is 0.0570. The number of benzene rings is 2. The Bertz CT molecular complexity index is 1680. The fraction of sp³-hybridized carbons (Fsp3) is 0.300. The molecule has 0 amide bonds. The molecule has 1 aliphatic rings. The Kier molecular flexibility index (Phi) is 10.3. The van der Waals surface area contributed by atoms with Crippen molar-refractivity contribution in [2.24, 2.45) is 4.99 Å². The Hall–Kier alpha value is -2.65. The number of ether oxygens (including phenoxy) is 4. The van der Waals surface area contributed by atoms with Crippen LogP contribution in [0.25, 0.3) is 6.08 Å². The van der Waals surface area contributed by atoms with E-state index in [4.69, 9.17) is 18.9 Å². The Morgan fingerprint density at radius 3 is 2.51 bits per heavy atom. The second kappa shape index (κ2) is 13.6. The molecule has 0 N–H and O–H groups in total. The molecule has 0 unspecified atom stereocenters. The topological polar surface area (TPSA) is 88.3 Å². The number of aromatic nitrogens is 1. The second-order valence-corrected chi connectivity index (χ2v) is 12.6. The third-order valence-corrected chi connectivity index (χ3v) is 8.63. The highest BCUT2D eigenvalue weighted by Gasteiger charge is 2.34. The summed E-state index contributed by atoms with van der Waals surface area (Å²) in [5.74, 6) is 1.33. The number of carbonyl (C=O) groups excluding carboxylic acids is 1. The van der Waals surface area contributed by atoms with Gasteiger partial charge in [-0.2, -0.15) is 0 Å². The molecular weight excluding hydrogens is 770 g/mol. The van der Waals surface area contributed by atoms with E-state index in [0.29, 0.717) is 44.3 Å². The van der Waals surface area contributed by atoms with Gasteiger partial charge in [0.15, 0.2) is 16.3 Å². The van der Waals surface area contributed by atoms with Crippen LogP contribution < -0.4 is 29.1 Å². The van der Waals surface area contributed by atoms with E-state index in [0.717, 1.165) is 18.5 Å². The van der Waals surface area contributed by atoms with Gasteiger partial charge in [-0.05, 0) is 114 Å². The van der Waals surface area contributed by atoms with Gasteiger partial charge in [-0.1, -0.05) is 30.1 Å². The minimum Gasteiger partial charge on any atom is -0.493 e. The normalized spacial score (nSPS) is 14.9. The molecule has 41 heavy (non-hydrogen) atoms. The van der Waals surface area contributed by atoms with Crippen LogP contribution >= 0.6 is 56.5 Å². The first-order chi connectivity index (χ1) is 19.6. The SMILES string of the molecule is C=CCOc1c(I)cc(/C=c2\sc3n(c2=O)[C@H](c2ccc(OC(C)C)c(OC)c2)C(C(=O)OCC)=C(C)N=3)cc1I. The summed E-state index contributed by atoms with van der Waals surface area (Å²) in [5, 5.41) is 0. The molecule has 216 valence electrons. The third-order valence-electron chi connectivity index (χ3n) is 6.05. The Morgan fingerprint density at radius 1 is 1.20 bits per heavy atom. The molecule has 2 heterocycles. The van der Waals surface area contributed by atoms with Crippen molar-refractivity contribution in [1.29, 1.82) is 0 Å². The van der Waals surface area contributed by atoms with Crippen LogP contribution in [0.2, 0.25) is 0 Å². The van der Waals surface area contributed by atoms with Crippen LogP contribution in [0.15, 0.2) is 64.0 Å². The number of methoxy groups -OCH3 is 1. The van der Waals surface area contributed by atoms with Crippen molar-refractivity contribution in [2.75, 3.05) is 20.3 Å². The van der Waals surface area contributed by atoms with Gasteiger partial charge in [-0.15, -0.1) is 0 Å². The van der Waals surface area contributed by atoms with E-state index in [1.54, 1.807) is 43.7 Å². The van der Waals surface area contributed by atoms with E-state index >= 15 is 0 Å². The van der Waals surface area contributed by atoms with E-state index in [-0.39, 0.29) is 18.3 Å². The lowest BCUT2D eigenvalue weighted by molar-refractivity contribution is -0.139. The number of halogens is 2. The molecule has 11 heteroatoms. The van der Waals surface area contributed by atoms with E-state index in [9.17, 15) is 9.59 Å². The van der Waals surface area contributed by atoms with Crippen LogP contribution in [0, 0.1) is 7.14 Å². The summed E-state index contributed by atoms with van der Waals surface area (Å²) in [6.07, 6.45) is 3.48. The minimum atomic E-state index is -0.760. The molecule has 0 spiro atoms. The molecule has 3 aromatic rings. The van der Waals surface area contributed by atoms with Crippen molar-refractivity contribution in [2.45, 2.75) is 39.8 Å². The van der Waals surface area contributed by atoms with Gasteiger partial charge >= 0.3 is 5.97 Å². The summed E-state index contributed by atoms with van der Waals surface area (Å²) in [6.45, 7) is 11.7. The van der Waals surface area contributed by atoms with Crippen molar-refractivity contribution in [3.8, 4) is 17.2 Å². The summed E-state index contributed by atoms with van der Waals surface area (Å²) in [5.41, 5.74) is 2.07. The van der Waals surface area contributed by atoms with Crippen LogP contribution in [0.5, 0.6) is 17.2 Å². The second-order valence-electron chi connectivity index (χ2n) is 9.29. The van der Waals surface area contributed by atoms with Crippen LogP contribution in [0.1, 0.15) is 44.9 Å². The molecule has 1 aromatic heterocycles. The predicted molar refractivity (Wildman–Crippen MR) is 177 cm³/mol. The molecule has 0 saturated heterocycles. The van der Waals surface area contributed by atoms with Crippen molar-refractivity contribution in [3.63, 3.8) is 0 Å². The molecule has 1 atom stereocenters. The van der Waals surface area contributed by atoms with Crippen LogP contribution in [0.4, 0.5) is 0 Å². The largest absolute Gasteiger partial charge is 0.493 e. The molecule has 4 rings (SSSR count). The van der Waals surface area contributed by atoms with Crippen molar-refractivity contribution in [1.82, 2.24) is 4.57 Å². The van der Waals surface area contributed by atoms with Gasteiger partial charge in [-0.3, -0.25) is 9.36 Å². The molecular formula is C30H30I2N2O6S. The Morgan fingerprint density at radius 2 is 1.90 bits per heavy atom. The summed E-state index contributed by atoms with van der Waals surface area (Å²) >= 11 is 5.72. The van der Waals surface area contributed by atoms with Crippen molar-refractivity contribution in [3.05, 3.63) is 92.2 Å². The zero-order valence-electron chi connectivity index (χ0n) is 23.3. The lowest BCUT2D eigenvalue weighted by Gasteiger charge is -2.25. The lowest BCUT2D eigenvalue weighted by atomic mass is 9.95. The zero-order chi connectivity index (χ0) is 29.8. The molecule has 2 aromatic carbocycles. The third kappa shape index (κ3) is 6.72. The van der Waals surface area contributed by atoms with Crippen molar-refractivity contribution >= 4 is 68.6 Å². The number of rotatable bonds is 10. The summed E-state index contributed by atoms with van der Waals surface area (Å²) in [6, 6.07) is 8.60. The zero-order valence-corrected chi connectivity index (χ0v) is 28.5. The average Bonchev–Trinajstić information content (AvgIpc) is 3.21. The monoisotopic (exact) mass is 800 g/mol. The fourth-order valence-electron chi connectivity index (χ4n) is 4.41. The van der Waals surface area contributed by atoms with Crippen LogP contribution in [-0.4, -0.2) is 37.0 Å². The van der Waals surface area contributed by atoms with Gasteiger partial charge in [-0.25, -0.2) is 9.79 Å². The molecule has 0 saturated carbocycles. The van der Waals surface area contributed by atoms with Crippen LogP contribution in [0.3, 0.4) is 0 Å². The predicted octanol–water partition coefficient (Wildman–Crippen LogP) is 5.37. The summed E-state index contributed by atoms with van der Waals surface area (Å²) in [4.78, 5) is 32.4. The maximum absolute atomic E-state index is 14.0. The molecule has 1 aliphatic heterocycles. The molecule has 0 bridgehead atoms. The Labute approximate surface area is 269 Å². The molecule has 8 nitrogen and oxygen atoms in total. The molecule has 0 radical (unpaired) electrons. The van der Waals surface area contributed by atoms with Crippen LogP contribution in [-0.2, 0) is 9.53 Å². The standard InChI is InChI=1S/C30H30I2N2O6S/c1-7-11-39-27-20(31)12-18(13-21(27)32)14-24-28(35)34-26(19-9-10-22(40-16(3)4)23(15-19)37-6)25(29(36)38-8-2)17(5)33-30(34)41-24/h7,9-10,12-16,26H,1,8,11H2,2-6H3/b24-14-/t26-/m1/s1. The number of carbonyl (C=O) groups is 1. The van der Waals surface area contributed by atoms with Gasteiger partial charge in [0.05, 0.1) is 48.8 Å². The smallest absolute Gasteiger partial charge is 0.338 e. The van der Waals surface area contributed by atoms with E-state index in [1.165, 1.54) is 11.3 Å². The fourth-order valence-corrected chi connectivity index (χ4v) is 7.58. The quantitative estimate of drug-likeness (QED) is 0.156. The number of thiazole rings is 1. The van der Waals surface area contributed by atoms with E-state index < -0.39 is 12.0 Å². The first kappa shape index (κ1) is 31.3.